The molecule has 212 valence electrons. The number of carbonyl (C=O) groups is 1. The molecule has 8 heteroatoms. The number of rotatable bonds is 8. The normalized spacial score (nSPS) is 12.6. The lowest BCUT2D eigenvalue weighted by atomic mass is 9.75. The number of amides is 1. The van der Waals surface area contributed by atoms with Gasteiger partial charge in [-0.05, 0) is 59.4 Å². The molecule has 40 heavy (non-hydrogen) atoms. The monoisotopic (exact) mass is 576 g/mol. The van der Waals surface area contributed by atoms with Crippen molar-refractivity contribution in [2.75, 3.05) is 6.54 Å². The first-order chi connectivity index (χ1) is 18.6. The Hall–Kier alpha value is -3.16. The molecule has 0 fully saturated rings. The van der Waals surface area contributed by atoms with E-state index in [9.17, 15) is 9.90 Å². The number of halogens is 1. The van der Waals surface area contributed by atoms with Crippen LogP contribution in [0.1, 0.15) is 68.1 Å². The highest BCUT2D eigenvalue weighted by atomic mass is 35.5. The fourth-order valence-electron chi connectivity index (χ4n) is 4.79. The summed E-state index contributed by atoms with van der Waals surface area (Å²) >= 11 is 6.15. The number of carbonyl (C=O) groups excluding carboxylic acids is 1. The summed E-state index contributed by atoms with van der Waals surface area (Å²) < 4.78 is 0. The molecule has 0 spiro atoms. The van der Waals surface area contributed by atoms with Crippen LogP contribution in [0.2, 0.25) is 30.7 Å². The van der Waals surface area contributed by atoms with E-state index in [2.05, 4.69) is 70.7 Å². The second-order valence-electron chi connectivity index (χ2n) is 13.4. The van der Waals surface area contributed by atoms with Crippen LogP contribution in [0.5, 0.6) is 5.75 Å². The smallest absolute Gasteiger partial charge is 0.251 e. The molecule has 0 radical (unpaired) electrons. The van der Waals surface area contributed by atoms with Crippen molar-refractivity contribution in [2.45, 2.75) is 77.6 Å². The van der Waals surface area contributed by atoms with Crippen molar-refractivity contribution in [1.29, 1.82) is 0 Å². The first-order valence-corrected chi connectivity index (χ1v) is 17.9. The quantitative estimate of drug-likeness (QED) is 0.165. The van der Waals surface area contributed by atoms with Crippen molar-refractivity contribution >= 4 is 36.6 Å². The molecule has 0 atom stereocenters. The van der Waals surface area contributed by atoms with E-state index in [1.807, 2.05) is 30.3 Å². The van der Waals surface area contributed by atoms with Crippen molar-refractivity contribution in [3.8, 4) is 11.4 Å². The second kappa shape index (κ2) is 11.0. The van der Waals surface area contributed by atoms with Gasteiger partial charge in [0.25, 0.3) is 5.91 Å². The molecular formula is C32H41ClN4O2Si. The number of hydrogen-bond acceptors (Lipinski definition) is 4. The van der Waals surface area contributed by atoms with Crippen LogP contribution in [0.4, 0.5) is 0 Å². The summed E-state index contributed by atoms with van der Waals surface area (Å²) in [6.07, 6.45) is 0.984. The highest BCUT2D eigenvalue weighted by Gasteiger charge is 2.31. The minimum Gasteiger partial charge on any atom is -0.505 e. The molecule has 1 amide bonds. The summed E-state index contributed by atoms with van der Waals surface area (Å²) in [7, 11) is -1.13. The molecule has 0 saturated heterocycles. The van der Waals surface area contributed by atoms with Crippen molar-refractivity contribution in [3.63, 3.8) is 0 Å². The molecule has 0 saturated carbocycles. The fourth-order valence-corrected chi connectivity index (χ4v) is 6.15. The number of nitrogens with one attached hydrogen (secondary N) is 1. The molecule has 1 aromatic heterocycles. The van der Waals surface area contributed by atoms with Crippen LogP contribution < -0.4 is 5.32 Å². The summed E-state index contributed by atoms with van der Waals surface area (Å²) in [5.74, 6) is 0.00484. The summed E-state index contributed by atoms with van der Waals surface area (Å²) in [5, 5.41) is 24.7. The van der Waals surface area contributed by atoms with Crippen molar-refractivity contribution < 1.29 is 9.90 Å². The Morgan fingerprint density at radius 1 is 0.925 bits per heavy atom. The Bertz CT molecular complexity index is 1530. The number of phenolic OH excluding ortho intramolecular Hbond substituents is 1. The average molecular weight is 577 g/mol. The van der Waals surface area contributed by atoms with Gasteiger partial charge < -0.3 is 10.4 Å². The Morgan fingerprint density at radius 3 is 2.20 bits per heavy atom. The zero-order valence-corrected chi connectivity index (χ0v) is 26.6. The van der Waals surface area contributed by atoms with Gasteiger partial charge >= 0.3 is 0 Å². The molecule has 0 aliphatic carbocycles. The molecule has 2 N–H and O–H groups in total. The maximum atomic E-state index is 12.8. The lowest BCUT2D eigenvalue weighted by molar-refractivity contribution is 0.0953. The minimum atomic E-state index is -1.13. The molecule has 4 rings (SSSR count). The van der Waals surface area contributed by atoms with E-state index >= 15 is 0 Å². The predicted molar refractivity (Wildman–Crippen MR) is 168 cm³/mol. The van der Waals surface area contributed by atoms with Gasteiger partial charge in [0.2, 0.25) is 0 Å². The van der Waals surface area contributed by atoms with E-state index in [-0.39, 0.29) is 17.1 Å². The SMILES string of the molecule is CC(C)(C)c1cc(-n2nc3ccc(C(=O)NCCC[Si](C)(C)C)cc3n2)c(O)c(C(C)(C)c2ccc(Cl)cc2)c1. The third kappa shape index (κ3) is 6.58. The van der Waals surface area contributed by atoms with E-state index in [0.717, 1.165) is 23.1 Å². The minimum absolute atomic E-state index is 0.114. The molecule has 4 aromatic rings. The zero-order chi connectivity index (χ0) is 29.5. The lowest BCUT2D eigenvalue weighted by Gasteiger charge is -2.30. The van der Waals surface area contributed by atoms with E-state index in [1.54, 1.807) is 18.2 Å². The van der Waals surface area contributed by atoms with Gasteiger partial charge in [0, 0.05) is 36.2 Å². The Balaban J connectivity index is 1.72. The number of aromatic nitrogens is 3. The largest absolute Gasteiger partial charge is 0.505 e. The van der Waals surface area contributed by atoms with E-state index < -0.39 is 13.5 Å². The van der Waals surface area contributed by atoms with E-state index in [4.69, 9.17) is 16.7 Å². The van der Waals surface area contributed by atoms with Crippen LogP contribution >= 0.6 is 11.6 Å². The standard InChI is InChI=1S/C32H41ClN4O2Si/c1-31(2,3)23-19-25(32(4,5)22-11-13-24(33)14-12-22)29(38)28(20-23)37-35-26-15-10-21(18-27(26)36-37)30(39)34-16-9-17-40(6,7)8/h10-15,18-20,38H,9,16-17H2,1-8H3,(H,34,39). The average Bonchev–Trinajstić information content (AvgIpc) is 3.28. The highest BCUT2D eigenvalue weighted by Crippen LogP contribution is 2.42. The fraction of sp³-hybridized carbons (Fsp3) is 0.406. The van der Waals surface area contributed by atoms with Crippen LogP contribution in [0, 0.1) is 0 Å². The van der Waals surface area contributed by atoms with Crippen LogP contribution in [0.3, 0.4) is 0 Å². The molecule has 0 aliphatic rings. The van der Waals surface area contributed by atoms with Gasteiger partial charge in [-0.3, -0.25) is 4.79 Å². The number of nitrogens with zero attached hydrogens (tertiary/aromatic N) is 3. The molecule has 1 heterocycles. The van der Waals surface area contributed by atoms with Gasteiger partial charge in [0.15, 0.2) is 0 Å². The first-order valence-electron chi connectivity index (χ1n) is 13.9. The van der Waals surface area contributed by atoms with Crippen LogP contribution in [-0.4, -0.2) is 40.6 Å². The number of hydrogen-bond donors (Lipinski definition) is 2. The maximum absolute atomic E-state index is 12.8. The van der Waals surface area contributed by atoms with E-state index in [0.29, 0.717) is 33.9 Å². The lowest BCUT2D eigenvalue weighted by Crippen LogP contribution is -2.27. The topological polar surface area (TPSA) is 80.0 Å². The molecule has 0 bridgehead atoms. The third-order valence-electron chi connectivity index (χ3n) is 7.44. The number of aromatic hydroxyl groups is 1. The van der Waals surface area contributed by atoms with Crippen LogP contribution in [0.25, 0.3) is 16.7 Å². The molecule has 0 aliphatic heterocycles. The Morgan fingerprint density at radius 2 is 1.57 bits per heavy atom. The van der Waals surface area contributed by atoms with Gasteiger partial charge in [-0.25, -0.2) is 0 Å². The summed E-state index contributed by atoms with van der Waals surface area (Å²) in [5.41, 5.74) is 4.45. The van der Waals surface area contributed by atoms with Gasteiger partial charge in [-0.1, -0.05) is 90.1 Å². The summed E-state index contributed by atoms with van der Waals surface area (Å²) in [6.45, 7) is 18.3. The van der Waals surface area contributed by atoms with Crippen molar-refractivity contribution in [2.24, 2.45) is 0 Å². The van der Waals surface area contributed by atoms with Gasteiger partial charge in [0.1, 0.15) is 22.5 Å². The predicted octanol–water partition coefficient (Wildman–Crippen LogP) is 7.86. The zero-order valence-electron chi connectivity index (χ0n) is 24.9. The highest BCUT2D eigenvalue weighted by molar-refractivity contribution is 6.76. The molecule has 6 nitrogen and oxygen atoms in total. The van der Waals surface area contributed by atoms with Crippen LogP contribution in [-0.2, 0) is 10.8 Å². The molecule has 3 aromatic carbocycles. The Labute approximate surface area is 243 Å². The summed E-state index contributed by atoms with van der Waals surface area (Å²) in [6, 6.07) is 18.2. The van der Waals surface area contributed by atoms with Crippen molar-refractivity contribution in [1.82, 2.24) is 20.3 Å². The van der Waals surface area contributed by atoms with Gasteiger partial charge in [-0.2, -0.15) is 0 Å². The van der Waals surface area contributed by atoms with Crippen LogP contribution in [0.15, 0.2) is 54.6 Å². The van der Waals surface area contributed by atoms with E-state index in [1.165, 1.54) is 10.8 Å². The second-order valence-corrected chi connectivity index (χ2v) is 19.4. The number of phenols is 1. The third-order valence-corrected chi connectivity index (χ3v) is 9.55. The first kappa shape index (κ1) is 29.8. The maximum Gasteiger partial charge on any atom is 0.251 e. The van der Waals surface area contributed by atoms with Crippen molar-refractivity contribution in [3.05, 3.63) is 81.9 Å². The Kier molecular flexibility index (Phi) is 8.21. The molecule has 0 unspecified atom stereocenters. The number of fused-ring (bicyclic) bond motifs is 1. The number of benzene rings is 3. The van der Waals surface area contributed by atoms with Gasteiger partial charge in [0.05, 0.1) is 0 Å². The summed E-state index contributed by atoms with van der Waals surface area (Å²) in [4.78, 5) is 14.3. The van der Waals surface area contributed by atoms with Gasteiger partial charge in [-0.15, -0.1) is 15.0 Å². The molecular weight excluding hydrogens is 536 g/mol.